The highest BCUT2D eigenvalue weighted by Gasteiger charge is 2.40. The highest BCUT2D eigenvalue weighted by molar-refractivity contribution is 5.95. The van der Waals surface area contributed by atoms with Crippen LogP contribution in [0, 0.1) is 0 Å². The molecule has 128 valence electrons. The third-order valence-electron chi connectivity index (χ3n) is 3.42. The molecule has 0 bridgehead atoms. The molecule has 0 N–H and O–H groups in total. The van der Waals surface area contributed by atoms with E-state index in [1.54, 1.807) is 6.92 Å². The Labute approximate surface area is 130 Å². The van der Waals surface area contributed by atoms with Gasteiger partial charge < -0.3 is 14.5 Å². The van der Waals surface area contributed by atoms with Gasteiger partial charge in [-0.1, -0.05) is 0 Å². The second-order valence-corrected chi connectivity index (χ2v) is 5.04. The van der Waals surface area contributed by atoms with Crippen molar-refractivity contribution in [1.82, 2.24) is 19.6 Å². The lowest BCUT2D eigenvalue weighted by atomic mass is 10.2. The van der Waals surface area contributed by atoms with Gasteiger partial charge in [-0.25, -0.2) is 4.79 Å². The van der Waals surface area contributed by atoms with E-state index in [9.17, 15) is 22.8 Å². The molecule has 1 saturated heterocycles. The van der Waals surface area contributed by atoms with E-state index < -0.39 is 29.4 Å². The first-order valence-electron chi connectivity index (χ1n) is 7.05. The first-order valence-corrected chi connectivity index (χ1v) is 7.05. The van der Waals surface area contributed by atoms with Gasteiger partial charge in [0.1, 0.15) is 0 Å². The molecule has 0 spiro atoms. The summed E-state index contributed by atoms with van der Waals surface area (Å²) < 4.78 is 44.6. The summed E-state index contributed by atoms with van der Waals surface area (Å²) in [5.41, 5.74) is -1.68. The second kappa shape index (κ2) is 6.47. The zero-order valence-electron chi connectivity index (χ0n) is 12.8. The maximum Gasteiger partial charge on any atom is 0.435 e. The van der Waals surface area contributed by atoms with Crippen molar-refractivity contribution in [2.24, 2.45) is 7.05 Å². The Balaban J connectivity index is 2.08. The summed E-state index contributed by atoms with van der Waals surface area (Å²) in [4.78, 5) is 26.6. The highest BCUT2D eigenvalue weighted by atomic mass is 19.4. The Morgan fingerprint density at radius 3 is 2.30 bits per heavy atom. The number of rotatable bonds is 2. The molecular formula is C13H17F3N4O3. The van der Waals surface area contributed by atoms with Crippen LogP contribution in [0.25, 0.3) is 0 Å². The number of aryl methyl sites for hydroxylation is 1. The van der Waals surface area contributed by atoms with Gasteiger partial charge in [-0.3, -0.25) is 9.48 Å². The fourth-order valence-electron chi connectivity index (χ4n) is 2.33. The summed E-state index contributed by atoms with van der Waals surface area (Å²) in [5, 5.41) is 3.32. The fourth-order valence-corrected chi connectivity index (χ4v) is 2.33. The molecule has 0 unspecified atom stereocenters. The van der Waals surface area contributed by atoms with Crippen molar-refractivity contribution in [1.29, 1.82) is 0 Å². The number of halogens is 3. The van der Waals surface area contributed by atoms with Crippen LogP contribution in [0.2, 0.25) is 0 Å². The van der Waals surface area contributed by atoms with E-state index >= 15 is 0 Å². The Kier molecular flexibility index (Phi) is 4.81. The smallest absolute Gasteiger partial charge is 0.435 e. The minimum absolute atomic E-state index is 0.143. The highest BCUT2D eigenvalue weighted by Crippen LogP contribution is 2.31. The molecule has 0 radical (unpaired) electrons. The van der Waals surface area contributed by atoms with Crippen molar-refractivity contribution in [2.75, 3.05) is 32.8 Å². The van der Waals surface area contributed by atoms with Crippen LogP contribution >= 0.6 is 0 Å². The van der Waals surface area contributed by atoms with E-state index in [0.29, 0.717) is 0 Å². The number of aromatic nitrogens is 2. The quantitative estimate of drug-likeness (QED) is 0.819. The fraction of sp³-hybridized carbons (Fsp3) is 0.615. The third-order valence-corrected chi connectivity index (χ3v) is 3.42. The first-order chi connectivity index (χ1) is 10.7. The third kappa shape index (κ3) is 3.74. The van der Waals surface area contributed by atoms with Crippen LogP contribution in [0.15, 0.2) is 6.20 Å². The lowest BCUT2D eigenvalue weighted by Crippen LogP contribution is -2.50. The standard InChI is InChI=1S/C13H17F3N4O3/c1-3-23-12(22)20-6-4-19(5-7-20)11(21)9-8-18(2)17-10(9)13(14,15)16/h8H,3-7H2,1-2H3. The molecule has 10 heteroatoms. The van der Waals surface area contributed by atoms with Crippen molar-refractivity contribution in [2.45, 2.75) is 13.1 Å². The van der Waals surface area contributed by atoms with Crippen molar-refractivity contribution in [3.05, 3.63) is 17.5 Å². The topological polar surface area (TPSA) is 67.7 Å². The molecule has 2 rings (SSSR count). The summed E-state index contributed by atoms with van der Waals surface area (Å²) in [6, 6.07) is 0. The number of ether oxygens (including phenoxy) is 1. The average Bonchev–Trinajstić information content (AvgIpc) is 2.89. The largest absolute Gasteiger partial charge is 0.450 e. The van der Waals surface area contributed by atoms with E-state index in [-0.39, 0.29) is 32.8 Å². The van der Waals surface area contributed by atoms with Crippen LogP contribution in [0.4, 0.5) is 18.0 Å². The van der Waals surface area contributed by atoms with Crippen LogP contribution in [-0.4, -0.2) is 64.4 Å². The van der Waals surface area contributed by atoms with E-state index in [1.807, 2.05) is 0 Å². The normalized spacial score (nSPS) is 15.7. The molecule has 1 aromatic heterocycles. The minimum atomic E-state index is -4.70. The van der Waals surface area contributed by atoms with Gasteiger partial charge in [0.2, 0.25) is 0 Å². The molecule has 2 amide bonds. The van der Waals surface area contributed by atoms with E-state index in [1.165, 1.54) is 16.8 Å². The summed E-state index contributed by atoms with van der Waals surface area (Å²) in [7, 11) is 1.32. The van der Waals surface area contributed by atoms with Gasteiger partial charge in [0.25, 0.3) is 5.91 Å². The number of hydrogen-bond donors (Lipinski definition) is 0. The second-order valence-electron chi connectivity index (χ2n) is 5.04. The van der Waals surface area contributed by atoms with Gasteiger partial charge in [0, 0.05) is 39.4 Å². The molecule has 1 aliphatic rings. The number of alkyl halides is 3. The molecule has 1 aromatic rings. The van der Waals surface area contributed by atoms with Gasteiger partial charge in [0.05, 0.1) is 12.2 Å². The number of piperazine rings is 1. The Morgan fingerprint density at radius 1 is 1.22 bits per heavy atom. The van der Waals surface area contributed by atoms with E-state index in [4.69, 9.17) is 4.74 Å². The van der Waals surface area contributed by atoms with E-state index in [2.05, 4.69) is 5.10 Å². The first kappa shape index (κ1) is 17.1. The van der Waals surface area contributed by atoms with Gasteiger partial charge in [-0.2, -0.15) is 18.3 Å². The molecule has 23 heavy (non-hydrogen) atoms. The zero-order chi connectivity index (χ0) is 17.2. The lowest BCUT2D eigenvalue weighted by molar-refractivity contribution is -0.141. The maximum absolute atomic E-state index is 12.9. The van der Waals surface area contributed by atoms with Crippen molar-refractivity contribution in [3.8, 4) is 0 Å². The van der Waals surface area contributed by atoms with Crippen LogP contribution in [-0.2, 0) is 18.0 Å². The number of carbonyl (C=O) groups excluding carboxylic acids is 2. The average molecular weight is 334 g/mol. The summed E-state index contributed by atoms with van der Waals surface area (Å²) >= 11 is 0. The SMILES string of the molecule is CCOC(=O)N1CCN(C(=O)c2cn(C)nc2C(F)(F)F)CC1. The minimum Gasteiger partial charge on any atom is -0.450 e. The Morgan fingerprint density at radius 2 is 1.78 bits per heavy atom. The molecule has 1 aliphatic heterocycles. The predicted octanol–water partition coefficient (Wildman–Crippen LogP) is 1.35. The van der Waals surface area contributed by atoms with Crippen LogP contribution in [0.1, 0.15) is 23.0 Å². The molecule has 0 saturated carbocycles. The number of nitrogens with zero attached hydrogens (tertiary/aromatic N) is 4. The monoisotopic (exact) mass is 334 g/mol. The predicted molar refractivity (Wildman–Crippen MR) is 72.7 cm³/mol. The Bertz CT molecular complexity index is 592. The molecule has 1 fully saturated rings. The molecule has 2 heterocycles. The zero-order valence-corrected chi connectivity index (χ0v) is 12.8. The number of amides is 2. The van der Waals surface area contributed by atoms with Crippen LogP contribution in [0.5, 0.6) is 0 Å². The Hall–Kier alpha value is -2.26. The van der Waals surface area contributed by atoms with Gasteiger partial charge in [-0.05, 0) is 6.92 Å². The van der Waals surface area contributed by atoms with E-state index in [0.717, 1.165) is 10.9 Å². The van der Waals surface area contributed by atoms with Gasteiger partial charge >= 0.3 is 12.3 Å². The number of hydrogen-bond acceptors (Lipinski definition) is 4. The maximum atomic E-state index is 12.9. The van der Waals surface area contributed by atoms with Gasteiger partial charge in [0.15, 0.2) is 5.69 Å². The summed E-state index contributed by atoms with van der Waals surface area (Å²) in [6.07, 6.45) is -4.13. The van der Waals surface area contributed by atoms with Crippen molar-refractivity contribution in [3.63, 3.8) is 0 Å². The molecule has 7 nitrogen and oxygen atoms in total. The molecular weight excluding hydrogens is 317 g/mol. The molecule has 0 atom stereocenters. The molecule has 0 aromatic carbocycles. The van der Waals surface area contributed by atoms with Crippen LogP contribution < -0.4 is 0 Å². The van der Waals surface area contributed by atoms with Crippen molar-refractivity contribution >= 4 is 12.0 Å². The summed E-state index contributed by atoms with van der Waals surface area (Å²) in [5.74, 6) is -0.742. The summed E-state index contributed by atoms with van der Waals surface area (Å²) in [6.45, 7) is 2.63. The van der Waals surface area contributed by atoms with Crippen LogP contribution in [0.3, 0.4) is 0 Å². The van der Waals surface area contributed by atoms with Crippen molar-refractivity contribution < 1.29 is 27.5 Å². The molecule has 0 aliphatic carbocycles. The number of carbonyl (C=O) groups is 2. The lowest BCUT2D eigenvalue weighted by Gasteiger charge is -2.34. The van der Waals surface area contributed by atoms with Gasteiger partial charge in [-0.15, -0.1) is 0 Å².